The van der Waals surface area contributed by atoms with E-state index in [2.05, 4.69) is 5.32 Å². The van der Waals surface area contributed by atoms with E-state index in [0.717, 1.165) is 12.1 Å². The predicted molar refractivity (Wildman–Crippen MR) is 78.8 cm³/mol. The second kappa shape index (κ2) is 6.85. The average molecular weight is 288 g/mol. The van der Waals surface area contributed by atoms with Crippen LogP contribution in [0.15, 0.2) is 42.5 Å². The summed E-state index contributed by atoms with van der Waals surface area (Å²) in [5.74, 6) is -0.356. The van der Waals surface area contributed by atoms with Gasteiger partial charge in [-0.05, 0) is 48.5 Å². The van der Waals surface area contributed by atoms with Crippen LogP contribution in [-0.4, -0.2) is 12.5 Å². The second-order valence-electron chi connectivity index (χ2n) is 4.54. The fraction of sp³-hybridized carbons (Fsp3) is 0.188. The molecule has 0 heterocycles. The smallest absolute Gasteiger partial charge is 0.248 e. The van der Waals surface area contributed by atoms with Gasteiger partial charge in [-0.15, -0.1) is 0 Å². The zero-order valence-electron chi connectivity index (χ0n) is 11.7. The summed E-state index contributed by atoms with van der Waals surface area (Å²) < 4.78 is 19.4. The Morgan fingerprint density at radius 3 is 2.52 bits per heavy atom. The highest BCUT2D eigenvalue weighted by atomic mass is 19.1. The van der Waals surface area contributed by atoms with Crippen molar-refractivity contribution in [3.63, 3.8) is 0 Å². The maximum absolute atomic E-state index is 13.9. The summed E-state index contributed by atoms with van der Waals surface area (Å²) in [6.07, 6.45) is 0. The van der Waals surface area contributed by atoms with Gasteiger partial charge in [0.2, 0.25) is 5.91 Å². The van der Waals surface area contributed by atoms with Gasteiger partial charge in [0.15, 0.2) is 11.6 Å². The van der Waals surface area contributed by atoms with Crippen LogP contribution in [0.25, 0.3) is 0 Å². The molecule has 0 unspecified atom stereocenters. The zero-order valence-corrected chi connectivity index (χ0v) is 11.7. The number of nitrogens with one attached hydrogen (secondary N) is 1. The molecule has 110 valence electrons. The molecule has 1 amide bonds. The Balaban J connectivity index is 2.10. The molecule has 0 spiro atoms. The largest absolute Gasteiger partial charge is 0.454 e. The van der Waals surface area contributed by atoms with Crippen LogP contribution in [-0.2, 0) is 6.54 Å². The number of hydrogen-bond acceptors (Lipinski definition) is 3. The van der Waals surface area contributed by atoms with Gasteiger partial charge in [-0.3, -0.25) is 4.79 Å². The molecule has 5 heteroatoms. The third kappa shape index (κ3) is 4.03. The van der Waals surface area contributed by atoms with Crippen molar-refractivity contribution in [3.8, 4) is 11.5 Å². The molecule has 0 aliphatic carbocycles. The molecule has 0 saturated carbocycles. The highest BCUT2D eigenvalue weighted by molar-refractivity contribution is 5.92. The van der Waals surface area contributed by atoms with E-state index in [1.165, 1.54) is 18.2 Å². The van der Waals surface area contributed by atoms with E-state index in [-0.39, 0.29) is 5.75 Å². The Morgan fingerprint density at radius 2 is 1.95 bits per heavy atom. The molecule has 3 N–H and O–H groups in total. The van der Waals surface area contributed by atoms with Gasteiger partial charge in [0.25, 0.3) is 0 Å². The number of hydrogen-bond donors (Lipinski definition) is 2. The van der Waals surface area contributed by atoms with Crippen molar-refractivity contribution in [3.05, 3.63) is 59.4 Å². The molecule has 21 heavy (non-hydrogen) atoms. The number of ether oxygens (including phenoxy) is 1. The summed E-state index contributed by atoms with van der Waals surface area (Å²) >= 11 is 0. The first kappa shape index (κ1) is 15.0. The minimum absolute atomic E-state index is 0.141. The molecular formula is C16H17FN2O2. The van der Waals surface area contributed by atoms with Crippen LogP contribution in [0.4, 0.5) is 4.39 Å². The van der Waals surface area contributed by atoms with Gasteiger partial charge < -0.3 is 15.8 Å². The summed E-state index contributed by atoms with van der Waals surface area (Å²) in [4.78, 5) is 11.0. The molecule has 2 aromatic carbocycles. The zero-order chi connectivity index (χ0) is 15.2. The maximum atomic E-state index is 13.9. The molecule has 0 aromatic heterocycles. The van der Waals surface area contributed by atoms with Crippen LogP contribution in [0, 0.1) is 5.82 Å². The first-order valence-corrected chi connectivity index (χ1v) is 6.67. The lowest BCUT2D eigenvalue weighted by molar-refractivity contribution is 0.100. The normalized spacial score (nSPS) is 10.4. The summed E-state index contributed by atoms with van der Waals surface area (Å²) in [5.41, 5.74) is 6.38. The van der Waals surface area contributed by atoms with Gasteiger partial charge in [0, 0.05) is 12.1 Å². The molecule has 0 saturated heterocycles. The number of carbonyl (C=O) groups excluding carboxylic acids is 1. The van der Waals surface area contributed by atoms with Crippen LogP contribution < -0.4 is 15.8 Å². The predicted octanol–water partition coefficient (Wildman–Crippen LogP) is 2.83. The molecule has 0 aliphatic heterocycles. The van der Waals surface area contributed by atoms with E-state index >= 15 is 0 Å². The SMILES string of the molecule is CCNCc1ccc(Oc2ccc(C(N)=O)cc2)c(F)c1. The molecule has 2 rings (SSSR count). The molecular weight excluding hydrogens is 271 g/mol. The van der Waals surface area contributed by atoms with E-state index in [4.69, 9.17) is 10.5 Å². The van der Waals surface area contributed by atoms with Crippen LogP contribution in [0.1, 0.15) is 22.8 Å². The third-order valence-electron chi connectivity index (χ3n) is 2.94. The molecule has 4 nitrogen and oxygen atoms in total. The standard InChI is InChI=1S/C16H17FN2O2/c1-2-19-10-11-3-8-15(14(17)9-11)21-13-6-4-12(5-7-13)16(18)20/h3-9,19H,2,10H2,1H3,(H2,18,20). The van der Waals surface area contributed by atoms with E-state index in [1.807, 2.05) is 6.92 Å². The Bertz CT molecular complexity index is 627. The van der Waals surface area contributed by atoms with Gasteiger partial charge in [-0.1, -0.05) is 13.0 Å². The number of carbonyl (C=O) groups is 1. The summed E-state index contributed by atoms with van der Waals surface area (Å²) in [6, 6.07) is 11.1. The van der Waals surface area contributed by atoms with Crippen molar-refractivity contribution in [2.75, 3.05) is 6.54 Å². The molecule has 0 aliphatic rings. The second-order valence-corrected chi connectivity index (χ2v) is 4.54. The number of halogens is 1. The Kier molecular flexibility index (Phi) is 4.90. The van der Waals surface area contributed by atoms with E-state index in [9.17, 15) is 9.18 Å². The summed E-state index contributed by atoms with van der Waals surface area (Å²) in [6.45, 7) is 3.43. The Hall–Kier alpha value is -2.40. The topological polar surface area (TPSA) is 64.3 Å². The molecule has 0 radical (unpaired) electrons. The van der Waals surface area contributed by atoms with Gasteiger partial charge in [0.05, 0.1) is 0 Å². The quantitative estimate of drug-likeness (QED) is 0.859. The van der Waals surface area contributed by atoms with E-state index in [0.29, 0.717) is 17.9 Å². The van der Waals surface area contributed by atoms with Gasteiger partial charge in [-0.25, -0.2) is 4.39 Å². The van der Waals surface area contributed by atoms with Gasteiger partial charge in [0.1, 0.15) is 5.75 Å². The Labute approximate surface area is 122 Å². The van der Waals surface area contributed by atoms with Crippen molar-refractivity contribution >= 4 is 5.91 Å². The van der Waals surface area contributed by atoms with Crippen molar-refractivity contribution < 1.29 is 13.9 Å². The number of benzene rings is 2. The minimum atomic E-state index is -0.513. The summed E-state index contributed by atoms with van der Waals surface area (Å²) in [7, 11) is 0. The molecule has 0 fully saturated rings. The van der Waals surface area contributed by atoms with Gasteiger partial charge >= 0.3 is 0 Å². The van der Waals surface area contributed by atoms with Crippen molar-refractivity contribution in [1.82, 2.24) is 5.32 Å². The fourth-order valence-electron chi connectivity index (χ4n) is 1.82. The number of amides is 1. The molecule has 2 aromatic rings. The lowest BCUT2D eigenvalue weighted by atomic mass is 10.2. The fourth-order valence-corrected chi connectivity index (χ4v) is 1.82. The number of rotatable bonds is 6. The highest BCUT2D eigenvalue weighted by Crippen LogP contribution is 2.25. The van der Waals surface area contributed by atoms with Crippen LogP contribution in [0.5, 0.6) is 11.5 Å². The average Bonchev–Trinajstić information content (AvgIpc) is 2.48. The van der Waals surface area contributed by atoms with Crippen molar-refractivity contribution in [2.24, 2.45) is 5.73 Å². The lowest BCUT2D eigenvalue weighted by Gasteiger charge is -2.09. The number of primary amides is 1. The van der Waals surface area contributed by atoms with Crippen molar-refractivity contribution in [1.29, 1.82) is 0 Å². The molecule has 0 atom stereocenters. The Morgan fingerprint density at radius 1 is 1.24 bits per heavy atom. The minimum Gasteiger partial charge on any atom is -0.454 e. The van der Waals surface area contributed by atoms with E-state index < -0.39 is 11.7 Å². The highest BCUT2D eigenvalue weighted by Gasteiger charge is 2.07. The lowest BCUT2D eigenvalue weighted by Crippen LogP contribution is -2.11. The van der Waals surface area contributed by atoms with Crippen LogP contribution >= 0.6 is 0 Å². The number of nitrogens with two attached hydrogens (primary N) is 1. The maximum Gasteiger partial charge on any atom is 0.248 e. The molecule has 0 bridgehead atoms. The third-order valence-corrected chi connectivity index (χ3v) is 2.94. The monoisotopic (exact) mass is 288 g/mol. The van der Waals surface area contributed by atoms with Crippen molar-refractivity contribution in [2.45, 2.75) is 13.5 Å². The van der Waals surface area contributed by atoms with E-state index in [1.54, 1.807) is 24.3 Å². The van der Waals surface area contributed by atoms with Crippen LogP contribution in [0.3, 0.4) is 0 Å². The van der Waals surface area contributed by atoms with Crippen LogP contribution in [0.2, 0.25) is 0 Å². The summed E-state index contributed by atoms with van der Waals surface area (Å²) in [5, 5.41) is 3.13. The van der Waals surface area contributed by atoms with Gasteiger partial charge in [-0.2, -0.15) is 0 Å². The first-order chi connectivity index (χ1) is 10.1. The first-order valence-electron chi connectivity index (χ1n) is 6.67.